The van der Waals surface area contributed by atoms with Crippen LogP contribution in [-0.2, 0) is 0 Å². The first kappa shape index (κ1) is 11.6. The van der Waals surface area contributed by atoms with E-state index in [1.165, 1.54) is 5.70 Å². The molecule has 2 aliphatic rings. The molecule has 2 heterocycles. The molecule has 2 nitrogen and oxygen atoms in total. The maximum absolute atomic E-state index is 5.86. The van der Waals surface area contributed by atoms with Gasteiger partial charge in [-0.1, -0.05) is 29.5 Å². The Morgan fingerprint density at radius 1 is 1.28 bits per heavy atom. The van der Waals surface area contributed by atoms with Crippen LogP contribution >= 0.6 is 11.6 Å². The third-order valence-electron chi connectivity index (χ3n) is 3.38. The van der Waals surface area contributed by atoms with Gasteiger partial charge >= 0.3 is 0 Å². The van der Waals surface area contributed by atoms with E-state index in [1.54, 1.807) is 0 Å². The Hall–Kier alpha value is -1.43. The van der Waals surface area contributed by atoms with Crippen molar-refractivity contribution in [2.45, 2.75) is 12.5 Å². The molecule has 0 saturated carbocycles. The van der Waals surface area contributed by atoms with Crippen LogP contribution in [0.25, 0.3) is 0 Å². The lowest BCUT2D eigenvalue weighted by molar-refractivity contribution is 0.289. The normalized spacial score (nSPS) is 21.9. The smallest absolute Gasteiger partial charge is 0.0940 e. The largest absolute Gasteiger partial charge is 0.359 e. The van der Waals surface area contributed by atoms with Crippen LogP contribution in [-0.4, -0.2) is 30.6 Å². The first-order valence-corrected chi connectivity index (χ1v) is 6.64. The quantitative estimate of drug-likeness (QED) is 0.718. The zero-order valence-electron chi connectivity index (χ0n) is 10.1. The standard InChI is InChI=1S/C15H15ClN2/c16-13-4-1-12(2-5-13)3-6-14-7-8-15-11-17-9-10-18(14)15/h1-2,4-5,8,14,17H,7,9-11H2/t14-/m0/s1. The van der Waals surface area contributed by atoms with Gasteiger partial charge < -0.3 is 10.2 Å². The summed E-state index contributed by atoms with van der Waals surface area (Å²) in [7, 11) is 0. The molecule has 3 heteroatoms. The second kappa shape index (κ2) is 5.06. The SMILES string of the molecule is Clc1ccc(C#C[C@H]2CC=C3CNCCN32)cc1. The molecule has 0 radical (unpaired) electrons. The number of benzene rings is 1. The zero-order valence-corrected chi connectivity index (χ0v) is 10.9. The fourth-order valence-corrected chi connectivity index (χ4v) is 2.54. The Labute approximate surface area is 113 Å². The predicted octanol–water partition coefficient (Wildman–Crippen LogP) is 2.25. The van der Waals surface area contributed by atoms with Crippen LogP contribution in [0.5, 0.6) is 0 Å². The lowest BCUT2D eigenvalue weighted by Gasteiger charge is -2.31. The van der Waals surface area contributed by atoms with Crippen molar-refractivity contribution in [3.05, 3.63) is 46.6 Å². The van der Waals surface area contributed by atoms with Crippen molar-refractivity contribution in [2.75, 3.05) is 19.6 Å². The second-order valence-corrected chi connectivity index (χ2v) is 5.03. The number of piperazine rings is 1. The van der Waals surface area contributed by atoms with Crippen molar-refractivity contribution in [3.63, 3.8) is 0 Å². The fraction of sp³-hybridized carbons (Fsp3) is 0.333. The van der Waals surface area contributed by atoms with E-state index in [2.05, 4.69) is 28.1 Å². The van der Waals surface area contributed by atoms with Crippen molar-refractivity contribution >= 4 is 11.6 Å². The van der Waals surface area contributed by atoms with Crippen LogP contribution in [0.1, 0.15) is 12.0 Å². The number of hydrogen-bond acceptors (Lipinski definition) is 2. The molecule has 0 aliphatic carbocycles. The van der Waals surface area contributed by atoms with Crippen molar-refractivity contribution < 1.29 is 0 Å². The van der Waals surface area contributed by atoms with Crippen LogP contribution in [0.2, 0.25) is 5.02 Å². The van der Waals surface area contributed by atoms with Gasteiger partial charge in [0.1, 0.15) is 0 Å². The van der Waals surface area contributed by atoms with E-state index in [0.29, 0.717) is 6.04 Å². The van der Waals surface area contributed by atoms with Crippen molar-refractivity contribution in [2.24, 2.45) is 0 Å². The maximum atomic E-state index is 5.86. The van der Waals surface area contributed by atoms with Crippen LogP contribution in [0.15, 0.2) is 36.0 Å². The highest BCUT2D eigenvalue weighted by Gasteiger charge is 2.25. The minimum absolute atomic E-state index is 0.345. The first-order chi connectivity index (χ1) is 8.83. The van der Waals surface area contributed by atoms with Crippen LogP contribution in [0.3, 0.4) is 0 Å². The van der Waals surface area contributed by atoms with Crippen LogP contribution < -0.4 is 5.32 Å². The Kier molecular flexibility index (Phi) is 3.27. The van der Waals surface area contributed by atoms with Crippen LogP contribution in [0, 0.1) is 11.8 Å². The summed E-state index contributed by atoms with van der Waals surface area (Å²) >= 11 is 5.86. The van der Waals surface area contributed by atoms with Gasteiger partial charge in [-0.05, 0) is 30.7 Å². The number of fused-ring (bicyclic) bond motifs is 1. The average Bonchev–Trinajstić information content (AvgIpc) is 2.82. The van der Waals surface area contributed by atoms with E-state index < -0.39 is 0 Å². The van der Waals surface area contributed by atoms with Crippen molar-refractivity contribution in [3.8, 4) is 11.8 Å². The highest BCUT2D eigenvalue weighted by Crippen LogP contribution is 2.22. The van der Waals surface area contributed by atoms with Crippen molar-refractivity contribution in [1.29, 1.82) is 0 Å². The Morgan fingerprint density at radius 2 is 2.11 bits per heavy atom. The number of nitrogens with zero attached hydrogens (tertiary/aromatic N) is 1. The van der Waals surface area contributed by atoms with E-state index in [9.17, 15) is 0 Å². The minimum atomic E-state index is 0.345. The van der Waals surface area contributed by atoms with Gasteiger partial charge in [-0.25, -0.2) is 0 Å². The summed E-state index contributed by atoms with van der Waals surface area (Å²) in [5.74, 6) is 6.61. The van der Waals surface area contributed by atoms with Gasteiger partial charge in [-0.2, -0.15) is 0 Å². The van der Waals surface area contributed by atoms with E-state index in [1.807, 2.05) is 24.3 Å². The van der Waals surface area contributed by atoms with E-state index in [4.69, 9.17) is 11.6 Å². The molecule has 3 rings (SSSR count). The molecule has 1 aromatic rings. The molecule has 0 aromatic heterocycles. The van der Waals surface area contributed by atoms with Crippen molar-refractivity contribution in [1.82, 2.24) is 10.2 Å². The first-order valence-electron chi connectivity index (χ1n) is 6.26. The predicted molar refractivity (Wildman–Crippen MR) is 74.4 cm³/mol. The molecular formula is C15H15ClN2. The summed E-state index contributed by atoms with van der Waals surface area (Å²) in [6.45, 7) is 3.10. The van der Waals surface area contributed by atoms with Gasteiger partial charge in [0, 0.05) is 35.9 Å². The Morgan fingerprint density at radius 3 is 2.94 bits per heavy atom. The molecule has 0 amide bonds. The molecule has 92 valence electrons. The summed E-state index contributed by atoms with van der Waals surface area (Å²) in [5.41, 5.74) is 2.43. The molecular weight excluding hydrogens is 244 g/mol. The molecule has 2 aliphatic heterocycles. The molecule has 0 spiro atoms. The van der Waals surface area contributed by atoms with Gasteiger partial charge in [-0.15, -0.1) is 0 Å². The molecule has 1 fully saturated rings. The zero-order chi connectivity index (χ0) is 12.4. The average molecular weight is 259 g/mol. The molecule has 1 atom stereocenters. The lowest BCUT2D eigenvalue weighted by Crippen LogP contribution is -2.43. The number of hydrogen-bond donors (Lipinski definition) is 1. The fourth-order valence-electron chi connectivity index (χ4n) is 2.42. The highest BCUT2D eigenvalue weighted by atomic mass is 35.5. The number of halogens is 1. The molecule has 1 N–H and O–H groups in total. The molecule has 18 heavy (non-hydrogen) atoms. The molecule has 1 aromatic carbocycles. The Bertz CT molecular complexity index is 522. The highest BCUT2D eigenvalue weighted by molar-refractivity contribution is 6.30. The summed E-state index contributed by atoms with van der Waals surface area (Å²) < 4.78 is 0. The van der Waals surface area contributed by atoms with E-state index in [0.717, 1.165) is 36.6 Å². The topological polar surface area (TPSA) is 15.3 Å². The summed E-state index contributed by atoms with van der Waals surface area (Å²) in [6, 6.07) is 8.05. The lowest BCUT2D eigenvalue weighted by atomic mass is 10.2. The molecule has 0 bridgehead atoms. The summed E-state index contributed by atoms with van der Waals surface area (Å²) in [5, 5.41) is 4.14. The monoisotopic (exact) mass is 258 g/mol. The summed E-state index contributed by atoms with van der Waals surface area (Å²) in [6.07, 6.45) is 3.34. The third-order valence-corrected chi connectivity index (χ3v) is 3.64. The van der Waals surface area contributed by atoms with Gasteiger partial charge in [0.25, 0.3) is 0 Å². The third kappa shape index (κ3) is 2.38. The van der Waals surface area contributed by atoms with Gasteiger partial charge in [0.05, 0.1) is 6.04 Å². The van der Waals surface area contributed by atoms with Gasteiger partial charge in [0.2, 0.25) is 0 Å². The number of rotatable bonds is 0. The Balaban J connectivity index is 1.72. The van der Waals surface area contributed by atoms with Crippen LogP contribution in [0.4, 0.5) is 0 Å². The number of nitrogens with one attached hydrogen (secondary N) is 1. The maximum Gasteiger partial charge on any atom is 0.0940 e. The minimum Gasteiger partial charge on any atom is -0.359 e. The molecule has 1 saturated heterocycles. The van der Waals surface area contributed by atoms with E-state index >= 15 is 0 Å². The van der Waals surface area contributed by atoms with Gasteiger partial charge in [0.15, 0.2) is 0 Å². The van der Waals surface area contributed by atoms with Gasteiger partial charge in [-0.3, -0.25) is 0 Å². The van der Waals surface area contributed by atoms with E-state index in [-0.39, 0.29) is 0 Å². The molecule has 0 unspecified atom stereocenters. The summed E-state index contributed by atoms with van der Waals surface area (Å²) in [4.78, 5) is 2.42. The second-order valence-electron chi connectivity index (χ2n) is 4.59.